The van der Waals surface area contributed by atoms with Crippen LogP contribution in [0.4, 0.5) is 0 Å². The van der Waals surface area contributed by atoms with Crippen molar-refractivity contribution in [2.24, 2.45) is 12.1 Å². The van der Waals surface area contributed by atoms with E-state index in [2.05, 4.69) is 35.0 Å². The highest BCUT2D eigenvalue weighted by molar-refractivity contribution is 6.00. The zero-order valence-electron chi connectivity index (χ0n) is 16.8. The molecule has 7 nitrogen and oxygen atoms in total. The smallest absolute Gasteiger partial charge is 0.218 e. The Morgan fingerprint density at radius 3 is 2.83 bits per heavy atom. The first-order valence-electron chi connectivity index (χ1n) is 9.76. The third kappa shape index (κ3) is 4.13. The molecule has 1 aromatic carbocycles. The summed E-state index contributed by atoms with van der Waals surface area (Å²) in [6.45, 7) is 12.7. The van der Waals surface area contributed by atoms with Crippen LogP contribution in [0.1, 0.15) is 16.7 Å². The Morgan fingerprint density at radius 1 is 1.28 bits per heavy atom. The molecule has 0 saturated carbocycles. The molecule has 1 aliphatic heterocycles. The van der Waals surface area contributed by atoms with Gasteiger partial charge in [-0.3, -0.25) is 5.01 Å². The monoisotopic (exact) mass is 388 g/mol. The van der Waals surface area contributed by atoms with E-state index in [0.717, 1.165) is 52.9 Å². The third-order valence-electron chi connectivity index (χ3n) is 5.22. The summed E-state index contributed by atoms with van der Waals surface area (Å²) in [5.74, 6) is 0. The van der Waals surface area contributed by atoms with Crippen LogP contribution in [0, 0.1) is 13.5 Å². The molecule has 29 heavy (non-hydrogen) atoms. The van der Waals surface area contributed by atoms with Gasteiger partial charge in [-0.15, -0.1) is 0 Å². The number of hydrogen-bond donors (Lipinski definition) is 0. The van der Waals surface area contributed by atoms with Crippen molar-refractivity contribution in [3.8, 4) is 11.4 Å². The molecule has 1 aliphatic rings. The average molecular weight is 388 g/mol. The van der Waals surface area contributed by atoms with Crippen LogP contribution in [-0.4, -0.2) is 58.6 Å². The van der Waals surface area contributed by atoms with Gasteiger partial charge in [-0.1, -0.05) is 0 Å². The number of benzene rings is 1. The highest BCUT2D eigenvalue weighted by Gasteiger charge is 2.13. The van der Waals surface area contributed by atoms with Crippen LogP contribution >= 0.6 is 0 Å². The quantitative estimate of drug-likeness (QED) is 0.498. The molecule has 0 N–H and O–H groups in total. The van der Waals surface area contributed by atoms with Crippen molar-refractivity contribution in [1.82, 2.24) is 19.5 Å². The van der Waals surface area contributed by atoms with Gasteiger partial charge in [-0.2, -0.15) is 5.10 Å². The van der Waals surface area contributed by atoms with Gasteiger partial charge in [-0.25, -0.2) is 16.5 Å². The highest BCUT2D eigenvalue weighted by atomic mass is 16.5. The Kier molecular flexibility index (Phi) is 5.54. The molecule has 3 aromatic rings. The normalized spacial score (nSPS) is 14.6. The zero-order chi connectivity index (χ0) is 20.2. The second kappa shape index (κ2) is 8.41. The maximum atomic E-state index is 7.10. The first kappa shape index (κ1) is 19.1. The first-order chi connectivity index (χ1) is 14.2. The number of morpholine rings is 1. The Morgan fingerprint density at radius 2 is 2.10 bits per heavy atom. The zero-order valence-corrected chi connectivity index (χ0v) is 16.8. The van der Waals surface area contributed by atoms with E-state index >= 15 is 0 Å². The summed E-state index contributed by atoms with van der Waals surface area (Å²) < 4.78 is 7.38. The van der Waals surface area contributed by atoms with Crippen LogP contribution in [0.5, 0.6) is 0 Å². The van der Waals surface area contributed by atoms with Gasteiger partial charge in [0.1, 0.15) is 0 Å². The molecule has 0 radical (unpaired) electrons. The molecular formula is C22H24N6O. The van der Waals surface area contributed by atoms with E-state index in [0.29, 0.717) is 19.8 Å². The summed E-state index contributed by atoms with van der Waals surface area (Å²) in [7, 11) is 1.97. The van der Waals surface area contributed by atoms with E-state index in [1.54, 1.807) is 6.33 Å². The number of nitrogens with zero attached hydrogens (tertiary/aromatic N) is 6. The number of pyridine rings is 1. The Labute approximate surface area is 170 Å². The minimum absolute atomic E-state index is 0.490. The Bertz CT molecular complexity index is 1090. The van der Waals surface area contributed by atoms with Crippen LogP contribution in [0.15, 0.2) is 35.8 Å². The number of imidazole rings is 1. The number of fused-ring (bicyclic) bond motifs is 1. The van der Waals surface area contributed by atoms with Crippen LogP contribution in [0.3, 0.4) is 0 Å². The van der Waals surface area contributed by atoms with E-state index in [4.69, 9.17) is 21.4 Å². The topological polar surface area (TPSA) is 59.9 Å². The standard InChI is InChI=1S/C22H24N6O/c1-16-10-20-19(11-17(16)4-5-23-2)18(13-25-28-6-8-29-9-7-28)12-21(26-20)22-14-24-15-27(22)3/h10-15H,4-9H2,1,3H3/b25-13+. The summed E-state index contributed by atoms with van der Waals surface area (Å²) in [5.41, 5.74) is 6.12. The van der Waals surface area contributed by atoms with E-state index in [-0.39, 0.29) is 0 Å². The minimum atomic E-state index is 0.490. The summed E-state index contributed by atoms with van der Waals surface area (Å²) in [6, 6.07) is 6.34. The van der Waals surface area contributed by atoms with Gasteiger partial charge in [-0.05, 0) is 36.2 Å². The second-order valence-electron chi connectivity index (χ2n) is 7.22. The lowest BCUT2D eigenvalue weighted by atomic mass is 9.99. The summed E-state index contributed by atoms with van der Waals surface area (Å²) in [6.07, 6.45) is 6.27. The number of hydrazone groups is 1. The molecule has 0 amide bonds. The highest BCUT2D eigenvalue weighted by Crippen LogP contribution is 2.26. The predicted molar refractivity (Wildman–Crippen MR) is 114 cm³/mol. The molecule has 2 aromatic heterocycles. The van der Waals surface area contributed by atoms with Crippen molar-refractivity contribution < 1.29 is 4.74 Å². The summed E-state index contributed by atoms with van der Waals surface area (Å²) >= 11 is 0. The Hall–Kier alpha value is -3.24. The first-order valence-corrected chi connectivity index (χ1v) is 9.76. The minimum Gasteiger partial charge on any atom is -0.378 e. The van der Waals surface area contributed by atoms with Crippen LogP contribution < -0.4 is 0 Å². The van der Waals surface area contributed by atoms with Crippen LogP contribution in [0.2, 0.25) is 0 Å². The molecule has 3 heterocycles. The molecule has 7 heteroatoms. The van der Waals surface area contributed by atoms with Crippen molar-refractivity contribution in [3.05, 3.63) is 58.8 Å². The van der Waals surface area contributed by atoms with Crippen LogP contribution in [-0.2, 0) is 18.2 Å². The summed E-state index contributed by atoms with van der Waals surface area (Å²) in [5, 5.41) is 7.78. The molecular weight excluding hydrogens is 364 g/mol. The number of rotatable bonds is 5. The number of aryl methyl sites for hydroxylation is 2. The maximum absolute atomic E-state index is 7.10. The van der Waals surface area contributed by atoms with Gasteiger partial charge in [0, 0.05) is 24.4 Å². The maximum Gasteiger partial charge on any atom is 0.218 e. The molecule has 0 atom stereocenters. The fraction of sp³-hybridized carbons (Fsp3) is 0.364. The van der Waals surface area contributed by atoms with E-state index in [1.807, 2.05) is 29.0 Å². The van der Waals surface area contributed by atoms with Gasteiger partial charge in [0.15, 0.2) is 0 Å². The number of ether oxygens (including phenoxy) is 1. The van der Waals surface area contributed by atoms with Crippen LogP contribution in [0.25, 0.3) is 27.1 Å². The fourth-order valence-corrected chi connectivity index (χ4v) is 3.55. The van der Waals surface area contributed by atoms with Crippen molar-refractivity contribution in [3.63, 3.8) is 0 Å². The molecule has 148 valence electrons. The van der Waals surface area contributed by atoms with E-state index in [9.17, 15) is 0 Å². The number of hydrogen-bond acceptors (Lipinski definition) is 5. The SMILES string of the molecule is [C-]#[N+]CCc1cc2c(/C=N/N3CCOCC3)cc(-c3cncn3C)nc2cc1C. The molecule has 1 fully saturated rings. The van der Waals surface area contributed by atoms with Gasteiger partial charge >= 0.3 is 0 Å². The third-order valence-corrected chi connectivity index (χ3v) is 5.22. The molecule has 4 rings (SSSR count). The summed E-state index contributed by atoms with van der Waals surface area (Å²) in [4.78, 5) is 12.6. The van der Waals surface area contributed by atoms with Gasteiger partial charge in [0.25, 0.3) is 0 Å². The number of aromatic nitrogens is 3. The van der Waals surface area contributed by atoms with Gasteiger partial charge in [0.05, 0.1) is 61.9 Å². The van der Waals surface area contributed by atoms with Crippen molar-refractivity contribution in [2.45, 2.75) is 13.3 Å². The van der Waals surface area contributed by atoms with Crippen molar-refractivity contribution in [1.29, 1.82) is 0 Å². The lowest BCUT2D eigenvalue weighted by Gasteiger charge is -2.23. The lowest BCUT2D eigenvalue weighted by Crippen LogP contribution is -2.32. The van der Waals surface area contributed by atoms with Crippen molar-refractivity contribution in [2.75, 3.05) is 32.8 Å². The molecule has 1 saturated heterocycles. The Balaban J connectivity index is 1.82. The lowest BCUT2D eigenvalue weighted by molar-refractivity contribution is 0.0397. The predicted octanol–water partition coefficient (Wildman–Crippen LogP) is 3.07. The fourth-order valence-electron chi connectivity index (χ4n) is 3.55. The van der Waals surface area contributed by atoms with E-state index in [1.165, 1.54) is 5.56 Å². The molecule has 0 aliphatic carbocycles. The van der Waals surface area contributed by atoms with Gasteiger partial charge in [0.2, 0.25) is 6.54 Å². The molecule has 0 unspecified atom stereocenters. The second-order valence-corrected chi connectivity index (χ2v) is 7.22. The average Bonchev–Trinajstić information content (AvgIpc) is 3.17. The largest absolute Gasteiger partial charge is 0.378 e. The van der Waals surface area contributed by atoms with Crippen molar-refractivity contribution >= 4 is 17.1 Å². The molecule has 0 bridgehead atoms. The molecule has 0 spiro atoms. The van der Waals surface area contributed by atoms with Gasteiger partial charge < -0.3 is 14.1 Å². The van der Waals surface area contributed by atoms with E-state index < -0.39 is 0 Å².